The quantitative estimate of drug-likeness (QED) is 0.133. The number of rotatable bonds is 14. The first-order valence-corrected chi connectivity index (χ1v) is 11.8. The first kappa shape index (κ1) is 25.4. The number of carbonyl (C=O) groups excluding carboxylic acids is 2. The third-order valence-corrected chi connectivity index (χ3v) is 5.35. The predicted molar refractivity (Wildman–Crippen MR) is 130 cm³/mol. The molecular weight excluding hydrogens is 400 g/mol. The van der Waals surface area contributed by atoms with Gasteiger partial charge in [0.25, 0.3) is 0 Å². The third kappa shape index (κ3) is 9.09. The molecule has 4 nitrogen and oxygen atoms in total. The number of hydrogen-bond donors (Lipinski definition) is 0. The van der Waals surface area contributed by atoms with E-state index in [-0.39, 0.29) is 18.0 Å². The normalized spacial score (nSPS) is 11.6. The maximum absolute atomic E-state index is 12.4. The molecule has 0 aliphatic carbocycles. The van der Waals surface area contributed by atoms with Crippen LogP contribution in [0.3, 0.4) is 0 Å². The Morgan fingerprint density at radius 1 is 0.906 bits per heavy atom. The summed E-state index contributed by atoms with van der Waals surface area (Å²) in [5, 5.41) is 0. The molecule has 0 bridgehead atoms. The third-order valence-electron chi connectivity index (χ3n) is 5.35. The van der Waals surface area contributed by atoms with Crippen LogP contribution in [0.5, 0.6) is 5.75 Å². The lowest BCUT2D eigenvalue weighted by atomic mass is 10.0. The molecule has 2 aromatic rings. The van der Waals surface area contributed by atoms with Crippen molar-refractivity contribution in [3.63, 3.8) is 0 Å². The molecule has 0 aliphatic heterocycles. The van der Waals surface area contributed by atoms with E-state index in [2.05, 4.69) is 13.5 Å². The molecular formula is C28H36O4. The summed E-state index contributed by atoms with van der Waals surface area (Å²) in [5.41, 5.74) is 2.52. The largest absolute Gasteiger partial charge is 0.459 e. The zero-order chi connectivity index (χ0) is 23.2. The zero-order valence-corrected chi connectivity index (χ0v) is 19.5. The van der Waals surface area contributed by atoms with E-state index in [0.717, 1.165) is 43.2 Å². The second-order valence-electron chi connectivity index (χ2n) is 8.18. The van der Waals surface area contributed by atoms with E-state index in [1.807, 2.05) is 37.3 Å². The lowest BCUT2D eigenvalue weighted by Gasteiger charge is -2.13. The van der Waals surface area contributed by atoms with Crippen LogP contribution in [0.2, 0.25) is 0 Å². The number of esters is 2. The Bertz CT molecular complexity index is 837. The van der Waals surface area contributed by atoms with Crippen LogP contribution in [0.4, 0.5) is 0 Å². The zero-order valence-electron chi connectivity index (χ0n) is 19.5. The number of ether oxygens (including phenoxy) is 2. The van der Waals surface area contributed by atoms with Crippen molar-refractivity contribution in [3.05, 3.63) is 66.7 Å². The van der Waals surface area contributed by atoms with E-state index < -0.39 is 0 Å². The number of carbonyl (C=O) groups is 2. The van der Waals surface area contributed by atoms with Crippen molar-refractivity contribution in [2.45, 2.75) is 77.7 Å². The van der Waals surface area contributed by atoms with Gasteiger partial charge in [0.05, 0.1) is 11.7 Å². The molecule has 0 heterocycles. The first-order chi connectivity index (χ1) is 15.5. The lowest BCUT2D eigenvalue weighted by Crippen LogP contribution is -2.15. The van der Waals surface area contributed by atoms with Gasteiger partial charge in [0.2, 0.25) is 0 Å². The first-order valence-electron chi connectivity index (χ1n) is 11.8. The maximum atomic E-state index is 12.4. The minimum absolute atomic E-state index is 0.0729. The Kier molecular flexibility index (Phi) is 11.3. The summed E-state index contributed by atoms with van der Waals surface area (Å²) in [6.45, 7) is 7.82. The van der Waals surface area contributed by atoms with Gasteiger partial charge >= 0.3 is 11.9 Å². The van der Waals surface area contributed by atoms with E-state index >= 15 is 0 Å². The minimum Gasteiger partial charge on any atom is -0.459 e. The van der Waals surface area contributed by atoms with Gasteiger partial charge in [-0.15, -0.1) is 6.58 Å². The van der Waals surface area contributed by atoms with Gasteiger partial charge in [-0.1, -0.05) is 56.5 Å². The Labute approximate surface area is 192 Å². The monoisotopic (exact) mass is 436 g/mol. The van der Waals surface area contributed by atoms with Crippen LogP contribution in [0, 0.1) is 0 Å². The highest BCUT2D eigenvalue weighted by molar-refractivity contribution is 5.90. The summed E-state index contributed by atoms with van der Waals surface area (Å²) in [6.07, 6.45) is 10.4. The van der Waals surface area contributed by atoms with E-state index in [9.17, 15) is 9.59 Å². The van der Waals surface area contributed by atoms with Crippen LogP contribution in [-0.4, -0.2) is 18.0 Å². The molecule has 0 spiro atoms. The molecule has 0 N–H and O–H groups in total. The van der Waals surface area contributed by atoms with Crippen LogP contribution in [-0.2, 0) is 9.53 Å². The standard InChI is InChI=1S/C28H36O4/c1-4-6-8-10-12-22(3)31-28(30)25-16-14-23(15-17-25)24-18-20-26(21-19-24)32-27(29)13-11-9-7-5-2/h5,14-22H,2,4,6-13H2,1,3H3. The summed E-state index contributed by atoms with van der Waals surface area (Å²) in [5.74, 6) is 0.0368. The fourth-order valence-corrected chi connectivity index (χ4v) is 3.42. The summed E-state index contributed by atoms with van der Waals surface area (Å²) in [7, 11) is 0. The molecule has 1 atom stereocenters. The van der Waals surface area contributed by atoms with E-state index in [0.29, 0.717) is 17.7 Å². The number of benzene rings is 2. The molecule has 0 saturated heterocycles. The molecule has 4 heteroatoms. The fraction of sp³-hybridized carbons (Fsp3) is 0.429. The molecule has 32 heavy (non-hydrogen) atoms. The average Bonchev–Trinajstić information content (AvgIpc) is 2.80. The molecule has 2 aromatic carbocycles. The molecule has 2 rings (SSSR count). The average molecular weight is 437 g/mol. The highest BCUT2D eigenvalue weighted by Crippen LogP contribution is 2.24. The number of hydrogen-bond acceptors (Lipinski definition) is 4. The van der Waals surface area contributed by atoms with Crippen molar-refractivity contribution in [3.8, 4) is 16.9 Å². The van der Waals surface area contributed by atoms with Crippen LogP contribution >= 0.6 is 0 Å². The Morgan fingerprint density at radius 2 is 1.56 bits per heavy atom. The second-order valence-corrected chi connectivity index (χ2v) is 8.18. The summed E-state index contributed by atoms with van der Waals surface area (Å²) in [6, 6.07) is 14.8. The van der Waals surface area contributed by atoms with Gasteiger partial charge in [-0.3, -0.25) is 4.79 Å². The van der Waals surface area contributed by atoms with Gasteiger partial charge in [0.15, 0.2) is 0 Å². The van der Waals surface area contributed by atoms with Crippen molar-refractivity contribution in [2.24, 2.45) is 0 Å². The van der Waals surface area contributed by atoms with Crippen LogP contribution in [0.15, 0.2) is 61.2 Å². The van der Waals surface area contributed by atoms with Gasteiger partial charge in [-0.25, -0.2) is 4.79 Å². The van der Waals surface area contributed by atoms with E-state index in [4.69, 9.17) is 9.47 Å². The second kappa shape index (κ2) is 14.2. The topological polar surface area (TPSA) is 52.6 Å². The lowest BCUT2D eigenvalue weighted by molar-refractivity contribution is -0.134. The fourth-order valence-electron chi connectivity index (χ4n) is 3.42. The molecule has 172 valence electrons. The molecule has 0 radical (unpaired) electrons. The van der Waals surface area contributed by atoms with Crippen LogP contribution in [0.1, 0.15) is 82.0 Å². The highest BCUT2D eigenvalue weighted by Gasteiger charge is 2.12. The summed E-state index contributed by atoms with van der Waals surface area (Å²) >= 11 is 0. The SMILES string of the molecule is C=CCCCCC(=O)Oc1ccc(-c2ccc(C(=O)OC(C)CCCCCC)cc2)cc1. The highest BCUT2D eigenvalue weighted by atomic mass is 16.5. The van der Waals surface area contributed by atoms with Crippen LogP contribution < -0.4 is 4.74 Å². The summed E-state index contributed by atoms with van der Waals surface area (Å²) in [4.78, 5) is 24.3. The van der Waals surface area contributed by atoms with Crippen molar-refractivity contribution < 1.29 is 19.1 Å². The van der Waals surface area contributed by atoms with Crippen molar-refractivity contribution in [1.29, 1.82) is 0 Å². The van der Waals surface area contributed by atoms with Gasteiger partial charge < -0.3 is 9.47 Å². The van der Waals surface area contributed by atoms with Gasteiger partial charge in [-0.05, 0) is 74.4 Å². The minimum atomic E-state index is -0.283. The summed E-state index contributed by atoms with van der Waals surface area (Å²) < 4.78 is 11.0. The van der Waals surface area contributed by atoms with Crippen molar-refractivity contribution in [2.75, 3.05) is 0 Å². The van der Waals surface area contributed by atoms with Crippen molar-refractivity contribution in [1.82, 2.24) is 0 Å². The predicted octanol–water partition coefficient (Wildman–Crippen LogP) is 7.52. The van der Waals surface area contributed by atoms with E-state index in [1.54, 1.807) is 24.3 Å². The van der Waals surface area contributed by atoms with Gasteiger partial charge in [0.1, 0.15) is 5.75 Å². The van der Waals surface area contributed by atoms with Gasteiger partial charge in [0, 0.05) is 6.42 Å². The molecule has 0 amide bonds. The van der Waals surface area contributed by atoms with E-state index in [1.165, 1.54) is 19.3 Å². The van der Waals surface area contributed by atoms with Crippen LogP contribution in [0.25, 0.3) is 11.1 Å². The maximum Gasteiger partial charge on any atom is 0.338 e. The molecule has 0 aromatic heterocycles. The smallest absolute Gasteiger partial charge is 0.338 e. The number of unbranched alkanes of at least 4 members (excludes halogenated alkanes) is 5. The molecule has 0 saturated carbocycles. The van der Waals surface area contributed by atoms with Crippen molar-refractivity contribution >= 4 is 11.9 Å². The Hall–Kier alpha value is -2.88. The molecule has 0 aliphatic rings. The molecule has 1 unspecified atom stereocenters. The Morgan fingerprint density at radius 3 is 2.19 bits per heavy atom. The van der Waals surface area contributed by atoms with Gasteiger partial charge in [-0.2, -0.15) is 0 Å². The molecule has 0 fully saturated rings. The Balaban J connectivity index is 1.84. The number of allylic oxidation sites excluding steroid dienone is 1.